The number of imidazole rings is 5. The number of aromatic nitrogens is 15. The Hall–Kier alpha value is -8.70. The standard InChI is InChI=1S/2C15H22N4O4.2C14H20N4O4.C13H18N4O4/c2*1-7(2)5-9(20)13-11(21)12(22)15(23-13)19-6-18-10-8(16)3-4-17-14(10)19;2*1-2-3-8(19)12-10(20)11(21)14(22-12)18-6-17-9-7(15)4-5-16-13(9)18;1-2-7(18)11-9(19)10(20)13(21-11)17-5-16-8-6(14)3-4-15-12(8)17/h2*3-4,6-7,9,11-13,15,20-22H,5H2,1-2H3,(H2,16,17);2*4-6,8,10-12,14,19-21H,2-3H2,1H3,(H2,15,16);3-5,7,9-11,13,18-20H,2H2,1H3,(H2,14,15). The molecule has 25 unspecified atom stereocenters. The number of fused-ring (bicyclic) bond motifs is 5. The Bertz CT molecular complexity index is 4450. The number of rotatable bonds is 19. The van der Waals surface area contributed by atoms with E-state index in [0.717, 1.165) is 12.8 Å². The zero-order chi connectivity index (χ0) is 80.3. The molecular weight excluding hydrogens is 1450 g/mol. The monoisotopic (exact) mass is 1550 g/mol. The van der Waals surface area contributed by atoms with Crippen molar-refractivity contribution in [2.24, 2.45) is 11.8 Å². The largest absolute Gasteiger partial charge is 0.397 e. The van der Waals surface area contributed by atoms with Crippen LogP contribution >= 0.6 is 0 Å². The van der Waals surface area contributed by atoms with Crippen molar-refractivity contribution >= 4 is 84.3 Å². The van der Waals surface area contributed by atoms with Gasteiger partial charge in [-0.1, -0.05) is 61.3 Å². The maximum absolute atomic E-state index is 10.3. The molecule has 0 radical (unpaired) electrons. The van der Waals surface area contributed by atoms with Crippen LogP contribution in [-0.2, 0) is 23.7 Å². The number of pyridine rings is 5. The van der Waals surface area contributed by atoms with E-state index in [9.17, 15) is 76.6 Å². The topological polar surface area (TPSA) is 633 Å². The number of aliphatic hydroxyl groups excluding tert-OH is 15. The van der Waals surface area contributed by atoms with Gasteiger partial charge in [0.2, 0.25) is 0 Å². The molecule has 606 valence electrons. The molecule has 0 aromatic carbocycles. The molecule has 10 aromatic rings. The summed E-state index contributed by atoms with van der Waals surface area (Å²) < 4.78 is 36.1. The highest BCUT2D eigenvalue weighted by molar-refractivity contribution is 5.86. The predicted molar refractivity (Wildman–Crippen MR) is 398 cm³/mol. The molecule has 0 aliphatic carbocycles. The van der Waals surface area contributed by atoms with Crippen LogP contribution in [0.2, 0.25) is 0 Å². The van der Waals surface area contributed by atoms with Crippen molar-refractivity contribution in [3.8, 4) is 0 Å². The number of hydrogen-bond acceptors (Lipinski definition) is 35. The van der Waals surface area contributed by atoms with Crippen LogP contribution in [0, 0.1) is 11.8 Å². The summed E-state index contributed by atoms with van der Waals surface area (Å²) in [6, 6.07) is 8.16. The minimum atomic E-state index is -1.19. The first-order chi connectivity index (χ1) is 52.9. The van der Waals surface area contributed by atoms with E-state index in [1.165, 1.54) is 73.1 Å². The molecular formula is C71H102N20O20. The fraction of sp³-hybridized carbons (Fsp3) is 0.577. The lowest BCUT2D eigenvalue weighted by Crippen LogP contribution is -2.39. The Morgan fingerprint density at radius 3 is 0.694 bits per heavy atom. The lowest BCUT2D eigenvalue weighted by Gasteiger charge is -2.22. The average Bonchev–Trinajstić information content (AvgIpc) is 1.61. The van der Waals surface area contributed by atoms with Gasteiger partial charge in [0.1, 0.15) is 119 Å². The molecule has 5 fully saturated rings. The minimum Gasteiger partial charge on any atom is -0.397 e. The van der Waals surface area contributed by atoms with Gasteiger partial charge < -0.3 is 129 Å². The van der Waals surface area contributed by atoms with Crippen LogP contribution in [0.5, 0.6) is 0 Å². The van der Waals surface area contributed by atoms with Gasteiger partial charge in [0, 0.05) is 31.0 Å². The number of hydrogen-bond donors (Lipinski definition) is 20. The Kier molecular flexibility index (Phi) is 26.7. The van der Waals surface area contributed by atoms with Gasteiger partial charge in [-0.2, -0.15) is 0 Å². The molecule has 5 aliphatic heterocycles. The summed E-state index contributed by atoms with van der Waals surface area (Å²) in [7, 11) is 0. The number of nitrogens with two attached hydrogens (primary N) is 5. The molecule has 25 N–H and O–H groups in total. The highest BCUT2D eigenvalue weighted by atomic mass is 16.6. The van der Waals surface area contributed by atoms with Gasteiger partial charge in [0.25, 0.3) is 0 Å². The first-order valence-electron chi connectivity index (χ1n) is 36.8. The SMILES string of the molecule is CC(C)CC(O)C1OC(n2cnc3c(N)ccnc32)C(O)C1O.CC(C)CC(O)C1OC(n2cnc3c(N)ccnc32)C(O)C1O.CCC(O)C1OC(n2cnc3c(N)ccnc32)C(O)C1O.CCCC(O)C1OC(n2cnc3c(N)ccnc32)C(O)C1O.CCCC(O)C1OC(n2cnc3c(N)ccnc32)C(O)C1O. The second-order valence-corrected chi connectivity index (χ2v) is 29.1. The first-order valence-corrected chi connectivity index (χ1v) is 36.8. The highest BCUT2D eigenvalue weighted by Crippen LogP contribution is 2.40. The molecule has 0 saturated carbocycles. The molecule has 5 aliphatic rings. The van der Waals surface area contributed by atoms with Crippen molar-refractivity contribution in [3.63, 3.8) is 0 Å². The molecule has 40 nitrogen and oxygen atoms in total. The summed E-state index contributed by atoms with van der Waals surface area (Å²) in [5, 5.41) is 152. The second-order valence-electron chi connectivity index (χ2n) is 29.1. The Morgan fingerprint density at radius 1 is 0.306 bits per heavy atom. The second kappa shape index (κ2) is 35.6. The molecule has 25 atom stereocenters. The average molecular weight is 1560 g/mol. The van der Waals surface area contributed by atoms with Crippen LogP contribution in [0.15, 0.2) is 93.0 Å². The number of ether oxygens (including phenoxy) is 5. The third-order valence-corrected chi connectivity index (χ3v) is 20.1. The summed E-state index contributed by atoms with van der Waals surface area (Å²) in [5.74, 6) is 0.486. The lowest BCUT2D eigenvalue weighted by molar-refractivity contribution is -0.0882. The number of nitrogens with zero attached hydrogens (tertiary/aromatic N) is 15. The van der Waals surface area contributed by atoms with E-state index in [4.69, 9.17) is 52.4 Å². The van der Waals surface area contributed by atoms with Gasteiger partial charge >= 0.3 is 0 Å². The maximum atomic E-state index is 10.3. The molecule has 0 spiro atoms. The fourth-order valence-electron chi connectivity index (χ4n) is 14.3. The van der Waals surface area contributed by atoms with Crippen LogP contribution in [0.1, 0.15) is 125 Å². The number of nitrogen functional groups attached to an aromatic ring is 5. The highest BCUT2D eigenvalue weighted by Gasteiger charge is 2.52. The van der Waals surface area contributed by atoms with Gasteiger partial charge in [0.15, 0.2) is 59.4 Å². The fourth-order valence-corrected chi connectivity index (χ4v) is 14.3. The van der Waals surface area contributed by atoms with E-state index < -0.39 is 153 Å². The van der Waals surface area contributed by atoms with E-state index in [-0.39, 0.29) is 11.8 Å². The van der Waals surface area contributed by atoms with Gasteiger partial charge in [-0.3, -0.25) is 22.8 Å². The molecule has 5 saturated heterocycles. The normalized spacial score (nSPS) is 29.9. The van der Waals surface area contributed by atoms with Crippen molar-refractivity contribution in [2.75, 3.05) is 28.7 Å². The third-order valence-electron chi connectivity index (χ3n) is 20.1. The molecule has 40 heteroatoms. The van der Waals surface area contributed by atoms with E-state index in [0.29, 0.717) is 116 Å². The van der Waals surface area contributed by atoms with Gasteiger partial charge in [-0.15, -0.1) is 0 Å². The zero-order valence-electron chi connectivity index (χ0n) is 62.0. The molecule has 15 heterocycles. The first kappa shape index (κ1) is 83.2. The summed E-state index contributed by atoms with van der Waals surface area (Å²) in [4.78, 5) is 41.8. The molecule has 15 rings (SSSR count). The zero-order valence-corrected chi connectivity index (χ0v) is 62.0. The smallest absolute Gasteiger partial charge is 0.165 e. The van der Waals surface area contributed by atoms with Crippen LogP contribution in [-0.4, -0.2) is 271 Å². The van der Waals surface area contributed by atoms with Crippen LogP contribution < -0.4 is 28.7 Å². The Morgan fingerprint density at radius 2 is 0.505 bits per heavy atom. The van der Waals surface area contributed by atoms with E-state index in [1.807, 2.05) is 41.5 Å². The van der Waals surface area contributed by atoms with E-state index in [1.54, 1.807) is 49.6 Å². The molecule has 10 aromatic heterocycles. The van der Waals surface area contributed by atoms with Gasteiger partial charge in [-0.05, 0) is 74.3 Å². The number of anilines is 5. The Labute approximate surface area is 634 Å². The maximum Gasteiger partial charge on any atom is 0.165 e. The van der Waals surface area contributed by atoms with Crippen LogP contribution in [0.4, 0.5) is 28.4 Å². The van der Waals surface area contributed by atoms with Gasteiger partial charge in [0.05, 0.1) is 90.6 Å². The van der Waals surface area contributed by atoms with Crippen molar-refractivity contribution in [2.45, 2.75) is 247 Å². The van der Waals surface area contributed by atoms with Gasteiger partial charge in [-0.25, -0.2) is 49.8 Å². The van der Waals surface area contributed by atoms with Crippen molar-refractivity contribution in [3.05, 3.63) is 93.0 Å². The van der Waals surface area contributed by atoms with E-state index in [2.05, 4.69) is 49.8 Å². The van der Waals surface area contributed by atoms with Crippen molar-refractivity contribution in [1.82, 2.24) is 72.7 Å². The molecule has 0 bridgehead atoms. The number of aliphatic hydroxyl groups is 15. The summed E-state index contributed by atoms with van der Waals surface area (Å²) in [6.07, 6.45) is -5.93. The van der Waals surface area contributed by atoms with Crippen LogP contribution in [0.3, 0.4) is 0 Å². The van der Waals surface area contributed by atoms with Crippen molar-refractivity contribution < 1.29 is 100 Å². The summed E-state index contributed by atoms with van der Waals surface area (Å²) >= 11 is 0. The Balaban J connectivity index is 0.000000137. The van der Waals surface area contributed by atoms with Crippen LogP contribution in [0.25, 0.3) is 55.8 Å². The molecule has 0 amide bonds. The predicted octanol–water partition coefficient (Wildman–Crippen LogP) is -0.930. The summed E-state index contributed by atoms with van der Waals surface area (Å²) in [6.45, 7) is 13.5. The van der Waals surface area contributed by atoms with Crippen molar-refractivity contribution in [1.29, 1.82) is 0 Å². The minimum absolute atomic E-state index is 0.243. The quantitative estimate of drug-likeness (QED) is 0.0465. The summed E-state index contributed by atoms with van der Waals surface area (Å²) in [5.41, 5.74) is 36.4. The lowest BCUT2D eigenvalue weighted by atomic mass is 9.98. The van der Waals surface area contributed by atoms with E-state index >= 15 is 0 Å². The third kappa shape index (κ3) is 17.0. The molecule has 111 heavy (non-hydrogen) atoms.